The van der Waals surface area contributed by atoms with E-state index in [-0.39, 0.29) is 30.3 Å². The van der Waals surface area contributed by atoms with Crippen LogP contribution in [-0.2, 0) is 23.8 Å². The van der Waals surface area contributed by atoms with Gasteiger partial charge in [-0.3, -0.25) is 9.59 Å². The maximum absolute atomic E-state index is 11.4. The number of ether oxygens (including phenoxy) is 3. The molecule has 0 aliphatic rings. The lowest BCUT2D eigenvalue weighted by molar-refractivity contribution is -0.127. The fourth-order valence-electron chi connectivity index (χ4n) is 1.52. The first-order valence-corrected chi connectivity index (χ1v) is 8.00. The van der Waals surface area contributed by atoms with Crippen LogP contribution in [-0.4, -0.2) is 57.4 Å². The minimum Gasteiger partial charge on any atom is -0.379 e. The minimum absolute atomic E-state index is 0.0509. The molecule has 0 radical (unpaired) electrons. The smallest absolute Gasteiger partial charge is 0.246 e. The van der Waals surface area contributed by atoms with Crippen molar-refractivity contribution in [3.63, 3.8) is 0 Å². The van der Waals surface area contributed by atoms with Crippen LogP contribution in [0.5, 0.6) is 0 Å². The maximum Gasteiger partial charge on any atom is 0.246 e. The second-order valence-corrected chi connectivity index (χ2v) is 5.66. The van der Waals surface area contributed by atoms with Crippen LogP contribution >= 0.6 is 0 Å². The highest BCUT2D eigenvalue weighted by Gasteiger charge is 2.06. The molecule has 0 aromatic heterocycles. The molecular formula is C16H31NO5. The molecule has 22 heavy (non-hydrogen) atoms. The van der Waals surface area contributed by atoms with Gasteiger partial charge in [0.15, 0.2) is 0 Å². The van der Waals surface area contributed by atoms with Crippen LogP contribution in [0.15, 0.2) is 0 Å². The Bertz CT molecular complexity index is 305. The van der Waals surface area contributed by atoms with Crippen molar-refractivity contribution in [1.82, 2.24) is 5.32 Å². The molecule has 6 heteroatoms. The van der Waals surface area contributed by atoms with Gasteiger partial charge in [-0.25, -0.2) is 0 Å². The van der Waals surface area contributed by atoms with Gasteiger partial charge in [-0.05, 0) is 20.3 Å². The third-order valence-electron chi connectivity index (χ3n) is 2.84. The summed E-state index contributed by atoms with van der Waals surface area (Å²) in [6.45, 7) is 10.1. The molecule has 130 valence electrons. The molecule has 6 nitrogen and oxygen atoms in total. The second-order valence-electron chi connectivity index (χ2n) is 5.66. The van der Waals surface area contributed by atoms with E-state index in [1.807, 2.05) is 27.7 Å². The van der Waals surface area contributed by atoms with Crippen LogP contribution in [0.25, 0.3) is 0 Å². The zero-order valence-corrected chi connectivity index (χ0v) is 14.4. The van der Waals surface area contributed by atoms with Gasteiger partial charge in [-0.15, -0.1) is 0 Å². The molecule has 0 atom stereocenters. The molecule has 0 fully saturated rings. The van der Waals surface area contributed by atoms with E-state index in [1.165, 1.54) is 0 Å². The van der Waals surface area contributed by atoms with E-state index in [1.54, 1.807) is 0 Å². The molecule has 0 saturated carbocycles. The topological polar surface area (TPSA) is 73.9 Å². The molecule has 0 spiro atoms. The highest BCUT2D eigenvalue weighted by molar-refractivity contribution is 5.80. The van der Waals surface area contributed by atoms with Crippen LogP contribution in [0, 0.1) is 5.92 Å². The number of Topliss-reactive ketones (excluding diaryl/α,β-unsaturated/α-hetero) is 1. The predicted octanol–water partition coefficient (Wildman–Crippen LogP) is 1.57. The van der Waals surface area contributed by atoms with E-state index in [0.717, 1.165) is 6.42 Å². The van der Waals surface area contributed by atoms with Gasteiger partial charge in [-0.1, -0.05) is 13.8 Å². The summed E-state index contributed by atoms with van der Waals surface area (Å²) in [6, 6.07) is 0. The van der Waals surface area contributed by atoms with Crippen molar-refractivity contribution in [2.45, 2.75) is 46.6 Å². The van der Waals surface area contributed by atoms with Gasteiger partial charge in [0.1, 0.15) is 12.4 Å². The van der Waals surface area contributed by atoms with Crippen LogP contribution in [0.3, 0.4) is 0 Å². The fraction of sp³-hybridized carbons (Fsp3) is 0.875. The monoisotopic (exact) mass is 317 g/mol. The summed E-state index contributed by atoms with van der Waals surface area (Å²) < 4.78 is 15.9. The summed E-state index contributed by atoms with van der Waals surface area (Å²) in [4.78, 5) is 22.7. The Morgan fingerprint density at radius 2 is 1.59 bits per heavy atom. The molecule has 0 aromatic rings. The Kier molecular flexibility index (Phi) is 13.1. The van der Waals surface area contributed by atoms with Gasteiger partial charge in [0.05, 0.1) is 25.9 Å². The largest absolute Gasteiger partial charge is 0.379 e. The number of hydrogen-bond donors (Lipinski definition) is 1. The molecule has 0 saturated heterocycles. The van der Waals surface area contributed by atoms with Crippen molar-refractivity contribution < 1.29 is 23.8 Å². The van der Waals surface area contributed by atoms with Gasteiger partial charge in [0.2, 0.25) is 5.91 Å². The first-order valence-electron chi connectivity index (χ1n) is 8.00. The Labute approximate surface area is 133 Å². The summed E-state index contributed by atoms with van der Waals surface area (Å²) in [5.41, 5.74) is 0. The number of rotatable bonds is 14. The molecule has 0 aliphatic heterocycles. The van der Waals surface area contributed by atoms with Gasteiger partial charge < -0.3 is 19.5 Å². The van der Waals surface area contributed by atoms with Crippen LogP contribution < -0.4 is 5.32 Å². The zero-order valence-electron chi connectivity index (χ0n) is 14.4. The van der Waals surface area contributed by atoms with Crippen molar-refractivity contribution in [3.8, 4) is 0 Å². The van der Waals surface area contributed by atoms with Crippen molar-refractivity contribution in [3.05, 3.63) is 0 Å². The lowest BCUT2D eigenvalue weighted by atomic mass is 10.1. The molecule has 0 bridgehead atoms. The van der Waals surface area contributed by atoms with E-state index in [0.29, 0.717) is 39.4 Å². The van der Waals surface area contributed by atoms with E-state index < -0.39 is 0 Å². The van der Waals surface area contributed by atoms with Crippen molar-refractivity contribution in [2.24, 2.45) is 5.92 Å². The number of amides is 1. The predicted molar refractivity (Wildman–Crippen MR) is 84.8 cm³/mol. The number of hydrogen-bond acceptors (Lipinski definition) is 5. The third kappa shape index (κ3) is 14.0. The molecule has 0 rings (SSSR count). The number of carbonyl (C=O) groups is 2. The maximum atomic E-state index is 11.4. The molecular weight excluding hydrogens is 286 g/mol. The van der Waals surface area contributed by atoms with Gasteiger partial charge in [-0.2, -0.15) is 0 Å². The highest BCUT2D eigenvalue weighted by atomic mass is 16.5. The Balaban J connectivity index is 3.24. The van der Waals surface area contributed by atoms with E-state index in [2.05, 4.69) is 5.32 Å². The van der Waals surface area contributed by atoms with Crippen LogP contribution in [0.2, 0.25) is 0 Å². The first kappa shape index (κ1) is 21.0. The third-order valence-corrected chi connectivity index (χ3v) is 2.84. The molecule has 1 amide bonds. The number of ketones is 1. The Morgan fingerprint density at radius 3 is 2.18 bits per heavy atom. The van der Waals surface area contributed by atoms with Crippen LogP contribution in [0.4, 0.5) is 0 Å². The Hall–Kier alpha value is -0.980. The Morgan fingerprint density at radius 1 is 0.955 bits per heavy atom. The summed E-state index contributed by atoms with van der Waals surface area (Å²) in [5.74, 6) is 0.241. The van der Waals surface area contributed by atoms with E-state index in [9.17, 15) is 9.59 Å². The fourth-order valence-corrected chi connectivity index (χ4v) is 1.52. The highest BCUT2D eigenvalue weighted by Crippen LogP contribution is 2.01. The quantitative estimate of drug-likeness (QED) is 0.492. The van der Waals surface area contributed by atoms with Gasteiger partial charge in [0.25, 0.3) is 0 Å². The summed E-state index contributed by atoms with van der Waals surface area (Å²) in [5, 5.41) is 2.70. The first-order chi connectivity index (χ1) is 10.4. The van der Waals surface area contributed by atoms with Gasteiger partial charge >= 0.3 is 0 Å². The molecule has 0 aliphatic carbocycles. The van der Waals surface area contributed by atoms with Crippen molar-refractivity contribution >= 4 is 11.7 Å². The van der Waals surface area contributed by atoms with Crippen molar-refractivity contribution in [2.75, 3.05) is 39.6 Å². The van der Waals surface area contributed by atoms with E-state index >= 15 is 0 Å². The minimum atomic E-state index is -0.136. The summed E-state index contributed by atoms with van der Waals surface area (Å²) in [6.07, 6.45) is 1.38. The zero-order chi connectivity index (χ0) is 16.8. The van der Waals surface area contributed by atoms with Gasteiger partial charge in [0, 0.05) is 25.5 Å². The molecule has 0 aromatic carbocycles. The normalized spacial score (nSPS) is 11.2. The number of nitrogens with one attached hydrogen (secondary N) is 1. The average Bonchev–Trinajstić information content (AvgIpc) is 2.46. The van der Waals surface area contributed by atoms with E-state index in [4.69, 9.17) is 14.2 Å². The lowest BCUT2D eigenvalue weighted by Crippen LogP contribution is -2.31. The number of carbonyl (C=O) groups excluding carboxylic acids is 2. The van der Waals surface area contributed by atoms with Crippen LogP contribution in [0.1, 0.15) is 40.5 Å². The average molecular weight is 317 g/mol. The summed E-state index contributed by atoms with van der Waals surface area (Å²) in [7, 11) is 0. The molecule has 0 unspecified atom stereocenters. The SMILES string of the molecule is CC(C)OCC(=O)NCCOCCOCCCC(=O)C(C)C. The van der Waals surface area contributed by atoms with Crippen molar-refractivity contribution in [1.29, 1.82) is 0 Å². The lowest BCUT2D eigenvalue weighted by Gasteiger charge is -2.09. The summed E-state index contributed by atoms with van der Waals surface area (Å²) >= 11 is 0. The second kappa shape index (κ2) is 13.7. The standard InChI is InChI=1S/C16H31NO5/c1-13(2)15(18)6-5-8-20-10-11-21-9-7-17-16(19)12-22-14(3)4/h13-14H,5-12H2,1-4H3,(H,17,19). The molecule has 0 heterocycles. The molecule has 1 N–H and O–H groups in total.